The SMILES string of the molecule is C=C/C=C(\C=C)C(C)CCc1cc(=O)oc2cc(N(CC)CC)ccc12.CC.CN. The van der Waals surface area contributed by atoms with Gasteiger partial charge in [-0.25, -0.2) is 4.79 Å². The molecule has 0 radical (unpaired) electrons. The summed E-state index contributed by atoms with van der Waals surface area (Å²) in [4.78, 5) is 14.3. The number of benzene rings is 1. The van der Waals surface area contributed by atoms with Crippen LogP contribution >= 0.6 is 0 Å². The highest BCUT2D eigenvalue weighted by molar-refractivity contribution is 5.83. The Morgan fingerprint density at radius 1 is 1.17 bits per heavy atom. The second-order valence-electron chi connectivity index (χ2n) is 6.49. The lowest BCUT2D eigenvalue weighted by Crippen LogP contribution is -2.21. The largest absolute Gasteiger partial charge is 0.423 e. The van der Waals surface area contributed by atoms with Gasteiger partial charge in [0.2, 0.25) is 0 Å². The zero-order valence-corrected chi connectivity index (χ0v) is 19.7. The monoisotopic (exact) mass is 412 g/mol. The predicted molar refractivity (Wildman–Crippen MR) is 133 cm³/mol. The van der Waals surface area contributed by atoms with Gasteiger partial charge in [-0.05, 0) is 62.9 Å². The predicted octanol–water partition coefficient (Wildman–Crippen LogP) is 6.11. The van der Waals surface area contributed by atoms with Gasteiger partial charge in [-0.1, -0.05) is 52.2 Å². The van der Waals surface area contributed by atoms with Crippen LogP contribution in [0.2, 0.25) is 0 Å². The van der Waals surface area contributed by atoms with Crippen molar-refractivity contribution in [1.82, 2.24) is 0 Å². The lowest BCUT2D eigenvalue weighted by atomic mass is 9.92. The van der Waals surface area contributed by atoms with Crippen LogP contribution in [0, 0.1) is 5.92 Å². The highest BCUT2D eigenvalue weighted by Gasteiger charge is 2.11. The number of hydrogen-bond acceptors (Lipinski definition) is 4. The van der Waals surface area contributed by atoms with Crippen molar-refractivity contribution in [3.05, 3.63) is 77.2 Å². The zero-order chi connectivity index (χ0) is 23.1. The van der Waals surface area contributed by atoms with E-state index in [0.717, 1.165) is 48.1 Å². The first kappa shape index (κ1) is 27.4. The summed E-state index contributed by atoms with van der Waals surface area (Å²) < 4.78 is 5.47. The number of nitrogens with two attached hydrogens (primary N) is 1. The lowest BCUT2D eigenvalue weighted by molar-refractivity contribution is 0.555. The highest BCUT2D eigenvalue weighted by Crippen LogP contribution is 2.26. The number of anilines is 1. The van der Waals surface area contributed by atoms with E-state index in [1.165, 1.54) is 7.05 Å². The standard InChI is InChI=1S/C23H29NO2.C2H6.CH5N/c1-6-10-18(7-2)17(5)11-12-19-15-23(25)26-22-16-20(13-14-21(19)22)24(8-3)9-4;2*1-2/h6-7,10,13-17H,1-2,8-9,11-12H2,3-5H3;1-2H3;2H2,1H3/b18-10+;;. The molecule has 0 bridgehead atoms. The van der Waals surface area contributed by atoms with Gasteiger partial charge in [0.15, 0.2) is 0 Å². The van der Waals surface area contributed by atoms with E-state index in [4.69, 9.17) is 4.42 Å². The Hall–Kier alpha value is -2.59. The molecule has 2 aromatic rings. The van der Waals surface area contributed by atoms with Gasteiger partial charge in [0, 0.05) is 36.3 Å². The molecule has 0 spiro atoms. The van der Waals surface area contributed by atoms with Crippen LogP contribution in [0.1, 0.15) is 46.6 Å². The van der Waals surface area contributed by atoms with Gasteiger partial charge in [0.1, 0.15) is 5.58 Å². The summed E-state index contributed by atoms with van der Waals surface area (Å²) in [5.74, 6) is 0.350. The van der Waals surface area contributed by atoms with E-state index in [1.54, 1.807) is 12.1 Å². The maximum absolute atomic E-state index is 12.0. The van der Waals surface area contributed by atoms with Gasteiger partial charge < -0.3 is 15.1 Å². The average molecular weight is 413 g/mol. The van der Waals surface area contributed by atoms with Crippen molar-refractivity contribution in [3.63, 3.8) is 0 Å². The van der Waals surface area contributed by atoms with Crippen LogP contribution in [0.4, 0.5) is 5.69 Å². The number of fused-ring (bicyclic) bond motifs is 1. The van der Waals surface area contributed by atoms with Crippen LogP contribution in [0.3, 0.4) is 0 Å². The van der Waals surface area contributed by atoms with Crippen LogP contribution in [-0.4, -0.2) is 20.1 Å². The van der Waals surface area contributed by atoms with Crippen molar-refractivity contribution in [3.8, 4) is 0 Å². The molecule has 30 heavy (non-hydrogen) atoms. The molecule has 1 aromatic heterocycles. The van der Waals surface area contributed by atoms with Gasteiger partial charge in [-0.2, -0.15) is 0 Å². The summed E-state index contributed by atoms with van der Waals surface area (Å²) >= 11 is 0. The summed E-state index contributed by atoms with van der Waals surface area (Å²) in [6.07, 6.45) is 7.40. The van der Waals surface area contributed by atoms with E-state index in [2.05, 4.69) is 56.7 Å². The Morgan fingerprint density at radius 2 is 1.80 bits per heavy atom. The molecule has 0 aliphatic heterocycles. The Balaban J connectivity index is 0.00000198. The third-order valence-corrected chi connectivity index (χ3v) is 4.90. The molecular formula is C26H40N2O2. The van der Waals surface area contributed by atoms with Crippen molar-refractivity contribution in [2.24, 2.45) is 11.7 Å². The fourth-order valence-corrected chi connectivity index (χ4v) is 3.32. The number of nitrogens with zero attached hydrogens (tertiary/aromatic N) is 1. The minimum absolute atomic E-state index is 0.289. The third-order valence-electron chi connectivity index (χ3n) is 4.90. The fraction of sp³-hybridized carbons (Fsp3) is 0.423. The maximum Gasteiger partial charge on any atom is 0.336 e. The quantitative estimate of drug-likeness (QED) is 0.399. The van der Waals surface area contributed by atoms with E-state index >= 15 is 0 Å². The van der Waals surface area contributed by atoms with Crippen LogP contribution < -0.4 is 16.3 Å². The fourth-order valence-electron chi connectivity index (χ4n) is 3.32. The minimum Gasteiger partial charge on any atom is -0.423 e. The van der Waals surface area contributed by atoms with E-state index in [1.807, 2.05) is 32.1 Å². The molecular weight excluding hydrogens is 372 g/mol. The molecule has 166 valence electrons. The maximum atomic E-state index is 12.0. The van der Waals surface area contributed by atoms with Crippen molar-refractivity contribution < 1.29 is 4.42 Å². The number of allylic oxidation sites excluding steroid dienone is 4. The van der Waals surface area contributed by atoms with Gasteiger partial charge in [-0.3, -0.25) is 0 Å². The Labute approximate surface area is 182 Å². The second kappa shape index (κ2) is 15.3. The van der Waals surface area contributed by atoms with Crippen molar-refractivity contribution in [2.75, 3.05) is 25.0 Å². The van der Waals surface area contributed by atoms with Crippen LogP contribution in [0.5, 0.6) is 0 Å². The summed E-state index contributed by atoms with van der Waals surface area (Å²) in [5.41, 5.74) is 8.16. The molecule has 0 amide bonds. The topological polar surface area (TPSA) is 59.5 Å². The Morgan fingerprint density at radius 3 is 2.33 bits per heavy atom. The van der Waals surface area contributed by atoms with Crippen molar-refractivity contribution >= 4 is 16.7 Å². The molecule has 1 atom stereocenters. The van der Waals surface area contributed by atoms with Gasteiger partial charge in [-0.15, -0.1) is 0 Å². The molecule has 4 heteroatoms. The Bertz CT molecular complexity index is 861. The summed E-state index contributed by atoms with van der Waals surface area (Å²) in [5, 5.41) is 1.01. The average Bonchev–Trinajstić information content (AvgIpc) is 2.78. The van der Waals surface area contributed by atoms with Gasteiger partial charge >= 0.3 is 5.63 Å². The van der Waals surface area contributed by atoms with Crippen LogP contribution in [0.25, 0.3) is 11.0 Å². The van der Waals surface area contributed by atoms with E-state index in [-0.39, 0.29) is 5.63 Å². The molecule has 0 saturated heterocycles. The molecule has 4 nitrogen and oxygen atoms in total. The van der Waals surface area contributed by atoms with Crippen LogP contribution in [-0.2, 0) is 6.42 Å². The molecule has 0 saturated carbocycles. The summed E-state index contributed by atoms with van der Waals surface area (Å²) in [7, 11) is 1.50. The van der Waals surface area contributed by atoms with E-state index in [9.17, 15) is 4.79 Å². The summed E-state index contributed by atoms with van der Waals surface area (Å²) in [6.45, 7) is 19.9. The molecule has 0 aliphatic carbocycles. The molecule has 0 fully saturated rings. The molecule has 1 heterocycles. The lowest BCUT2D eigenvalue weighted by Gasteiger charge is -2.21. The van der Waals surface area contributed by atoms with Crippen molar-refractivity contribution in [2.45, 2.75) is 47.5 Å². The van der Waals surface area contributed by atoms with Crippen molar-refractivity contribution in [1.29, 1.82) is 0 Å². The minimum atomic E-state index is -0.289. The number of aryl methyl sites for hydroxylation is 1. The van der Waals surface area contributed by atoms with E-state index < -0.39 is 0 Å². The Kier molecular flexibility index (Phi) is 14.0. The van der Waals surface area contributed by atoms with Gasteiger partial charge in [0.05, 0.1) is 0 Å². The molecule has 1 unspecified atom stereocenters. The molecule has 1 aromatic carbocycles. The number of rotatable bonds is 9. The molecule has 2 rings (SSSR count). The molecule has 2 N–H and O–H groups in total. The first-order valence-corrected chi connectivity index (χ1v) is 10.9. The molecule has 0 aliphatic rings. The smallest absolute Gasteiger partial charge is 0.336 e. The zero-order valence-electron chi connectivity index (χ0n) is 19.7. The second-order valence-corrected chi connectivity index (χ2v) is 6.49. The highest BCUT2D eigenvalue weighted by atomic mass is 16.4. The summed E-state index contributed by atoms with van der Waals surface area (Å²) in [6, 6.07) is 7.77. The van der Waals surface area contributed by atoms with Crippen LogP contribution in [0.15, 0.2) is 70.4 Å². The van der Waals surface area contributed by atoms with E-state index in [0.29, 0.717) is 11.5 Å². The normalized spacial score (nSPS) is 11.5. The first-order chi connectivity index (χ1) is 14.5. The third kappa shape index (κ3) is 7.68. The number of hydrogen-bond donors (Lipinski definition) is 1. The van der Waals surface area contributed by atoms with Gasteiger partial charge in [0.25, 0.3) is 0 Å². The first-order valence-electron chi connectivity index (χ1n) is 10.9.